The van der Waals surface area contributed by atoms with Crippen molar-refractivity contribution in [2.24, 2.45) is 0 Å². The Morgan fingerprint density at radius 1 is 0.812 bits per heavy atom. The Morgan fingerprint density at radius 3 is 1.75 bits per heavy atom. The van der Waals surface area contributed by atoms with Crippen LogP contribution in [0, 0.1) is 0 Å². The van der Waals surface area contributed by atoms with Gasteiger partial charge in [-0.2, -0.15) is 0 Å². The van der Waals surface area contributed by atoms with Gasteiger partial charge in [0.25, 0.3) is 0 Å². The zero-order chi connectivity index (χ0) is 11.4. The van der Waals surface area contributed by atoms with Gasteiger partial charge in [0, 0.05) is 4.90 Å². The van der Waals surface area contributed by atoms with Gasteiger partial charge in [-0.3, -0.25) is 0 Å². The molecule has 82 valence electrons. The minimum atomic E-state index is 1.10. The molecule has 0 aromatic heterocycles. The molecule has 2 aromatic rings. The van der Waals surface area contributed by atoms with Crippen molar-refractivity contribution in [1.82, 2.24) is 0 Å². The van der Waals surface area contributed by atoms with Crippen LogP contribution in [0.2, 0.25) is 0 Å². The lowest BCUT2D eigenvalue weighted by molar-refractivity contribution is 1.14. The van der Waals surface area contributed by atoms with Crippen LogP contribution in [0.5, 0.6) is 0 Å². The van der Waals surface area contributed by atoms with Gasteiger partial charge >= 0.3 is 0 Å². The first-order valence-corrected chi connectivity index (χ1v) is 6.79. The maximum Gasteiger partial charge on any atom is 0.00695 e. The highest BCUT2D eigenvalue weighted by atomic mass is 32.2. The maximum absolute atomic E-state index is 2.21. The summed E-state index contributed by atoms with van der Waals surface area (Å²) in [5.74, 6) is 0. The van der Waals surface area contributed by atoms with Crippen molar-refractivity contribution >= 4 is 11.8 Å². The normalized spacial score (nSPS) is 10.4. The maximum atomic E-state index is 2.21. The van der Waals surface area contributed by atoms with E-state index >= 15 is 0 Å². The molecule has 0 bridgehead atoms. The van der Waals surface area contributed by atoms with E-state index in [1.54, 1.807) is 11.8 Å². The minimum absolute atomic E-state index is 1.10. The average molecular weight is 228 g/mol. The molecule has 0 nitrogen and oxygen atoms in total. The van der Waals surface area contributed by atoms with E-state index in [1.807, 2.05) is 0 Å². The molecule has 0 saturated heterocycles. The van der Waals surface area contributed by atoms with Crippen LogP contribution in [0.3, 0.4) is 0 Å². The first kappa shape index (κ1) is 11.3. The third kappa shape index (κ3) is 2.48. The summed E-state index contributed by atoms with van der Waals surface area (Å²) < 4.78 is 0. The largest absolute Gasteiger partial charge is 0.130 e. The van der Waals surface area contributed by atoms with Crippen LogP contribution in [-0.2, 0) is 6.42 Å². The summed E-state index contributed by atoms with van der Waals surface area (Å²) >= 11 is 1.78. The van der Waals surface area contributed by atoms with Crippen molar-refractivity contribution in [3.63, 3.8) is 0 Å². The van der Waals surface area contributed by atoms with Crippen molar-refractivity contribution in [3.05, 3.63) is 54.1 Å². The van der Waals surface area contributed by atoms with Gasteiger partial charge in [-0.25, -0.2) is 0 Å². The summed E-state index contributed by atoms with van der Waals surface area (Å²) in [4.78, 5) is 1.31. The quantitative estimate of drug-likeness (QED) is 0.690. The van der Waals surface area contributed by atoms with E-state index in [2.05, 4.69) is 61.7 Å². The third-order valence-electron chi connectivity index (χ3n) is 2.79. The van der Waals surface area contributed by atoms with E-state index in [-0.39, 0.29) is 0 Å². The molecule has 0 spiro atoms. The van der Waals surface area contributed by atoms with Crippen LogP contribution in [0.4, 0.5) is 0 Å². The van der Waals surface area contributed by atoms with Gasteiger partial charge in [0.2, 0.25) is 0 Å². The smallest absolute Gasteiger partial charge is 0.00695 e. The fourth-order valence-corrected chi connectivity index (χ4v) is 2.12. The number of hydrogen-bond donors (Lipinski definition) is 0. The van der Waals surface area contributed by atoms with Crippen LogP contribution in [0.15, 0.2) is 53.4 Å². The van der Waals surface area contributed by atoms with Crippen molar-refractivity contribution in [1.29, 1.82) is 0 Å². The Labute approximate surface area is 102 Å². The Bertz CT molecular complexity index is 394. The van der Waals surface area contributed by atoms with Gasteiger partial charge in [0.05, 0.1) is 0 Å². The van der Waals surface area contributed by atoms with E-state index < -0.39 is 0 Å². The van der Waals surface area contributed by atoms with Gasteiger partial charge in [-0.15, -0.1) is 11.8 Å². The van der Waals surface area contributed by atoms with Crippen molar-refractivity contribution in [2.45, 2.75) is 18.2 Å². The lowest BCUT2D eigenvalue weighted by Gasteiger charge is -2.04. The van der Waals surface area contributed by atoms with Gasteiger partial charge in [-0.1, -0.05) is 43.3 Å². The van der Waals surface area contributed by atoms with Crippen molar-refractivity contribution < 1.29 is 0 Å². The highest BCUT2D eigenvalue weighted by Crippen LogP contribution is 2.23. The zero-order valence-corrected chi connectivity index (χ0v) is 10.6. The minimum Gasteiger partial charge on any atom is -0.130 e. The molecule has 0 N–H and O–H groups in total. The molecule has 0 heterocycles. The van der Waals surface area contributed by atoms with Crippen LogP contribution in [0.1, 0.15) is 12.5 Å². The Kier molecular flexibility index (Phi) is 3.68. The van der Waals surface area contributed by atoms with Gasteiger partial charge in [0.1, 0.15) is 0 Å². The number of hydrogen-bond acceptors (Lipinski definition) is 1. The van der Waals surface area contributed by atoms with E-state index in [0.29, 0.717) is 0 Å². The summed E-state index contributed by atoms with van der Waals surface area (Å²) in [6.07, 6.45) is 3.21. The van der Waals surface area contributed by atoms with E-state index in [4.69, 9.17) is 0 Å². The molecule has 0 saturated carbocycles. The fourth-order valence-electron chi connectivity index (χ4n) is 1.72. The Hall–Kier alpha value is -1.21. The molecule has 0 unspecified atom stereocenters. The van der Waals surface area contributed by atoms with Gasteiger partial charge in [-0.05, 0) is 41.5 Å². The van der Waals surface area contributed by atoms with E-state index in [9.17, 15) is 0 Å². The summed E-state index contributed by atoms with van der Waals surface area (Å²) in [5.41, 5.74) is 3.98. The first-order valence-electron chi connectivity index (χ1n) is 5.57. The summed E-state index contributed by atoms with van der Waals surface area (Å²) in [6, 6.07) is 17.5. The Morgan fingerprint density at radius 2 is 1.31 bits per heavy atom. The third-order valence-corrected chi connectivity index (χ3v) is 3.53. The predicted octanol–water partition coefficient (Wildman–Crippen LogP) is 4.64. The molecule has 0 fully saturated rings. The van der Waals surface area contributed by atoms with Crippen LogP contribution in [-0.4, -0.2) is 6.26 Å². The lowest BCUT2D eigenvalue weighted by Crippen LogP contribution is -1.81. The van der Waals surface area contributed by atoms with E-state index in [1.165, 1.54) is 21.6 Å². The second kappa shape index (κ2) is 5.22. The molecule has 0 radical (unpaired) electrons. The highest BCUT2D eigenvalue weighted by Gasteiger charge is 1.97. The molecule has 0 aliphatic rings. The lowest BCUT2D eigenvalue weighted by atomic mass is 10.0. The monoisotopic (exact) mass is 228 g/mol. The number of thioether (sulfide) groups is 1. The number of aryl methyl sites for hydroxylation is 1. The number of rotatable bonds is 3. The predicted molar refractivity (Wildman–Crippen MR) is 73.0 cm³/mol. The molecule has 1 heteroatoms. The van der Waals surface area contributed by atoms with Crippen molar-refractivity contribution in [3.8, 4) is 11.1 Å². The molecular formula is C15H16S. The molecule has 16 heavy (non-hydrogen) atoms. The topological polar surface area (TPSA) is 0 Å². The summed E-state index contributed by atoms with van der Waals surface area (Å²) in [6.45, 7) is 2.18. The van der Waals surface area contributed by atoms with Gasteiger partial charge < -0.3 is 0 Å². The van der Waals surface area contributed by atoms with Crippen molar-refractivity contribution in [2.75, 3.05) is 6.26 Å². The second-order valence-corrected chi connectivity index (χ2v) is 4.66. The van der Waals surface area contributed by atoms with Crippen LogP contribution < -0.4 is 0 Å². The molecule has 0 aliphatic heterocycles. The van der Waals surface area contributed by atoms with Crippen LogP contribution in [0.25, 0.3) is 11.1 Å². The second-order valence-electron chi connectivity index (χ2n) is 3.78. The van der Waals surface area contributed by atoms with Gasteiger partial charge in [0.15, 0.2) is 0 Å². The average Bonchev–Trinajstić information content (AvgIpc) is 2.39. The summed E-state index contributed by atoms with van der Waals surface area (Å²) in [5, 5.41) is 0. The first-order chi connectivity index (χ1) is 7.83. The summed E-state index contributed by atoms with van der Waals surface area (Å²) in [7, 11) is 0. The Balaban J connectivity index is 2.28. The molecule has 0 atom stereocenters. The fraction of sp³-hybridized carbons (Fsp3) is 0.200. The zero-order valence-electron chi connectivity index (χ0n) is 9.73. The SMILES string of the molecule is CCc1ccc(-c2ccc(SC)cc2)cc1. The standard InChI is InChI=1S/C15H16S/c1-3-12-4-6-13(7-5-12)14-8-10-15(16-2)11-9-14/h4-11H,3H2,1-2H3. The number of benzene rings is 2. The molecule has 0 aliphatic carbocycles. The van der Waals surface area contributed by atoms with E-state index in [0.717, 1.165) is 6.42 Å². The van der Waals surface area contributed by atoms with Crippen LogP contribution >= 0.6 is 11.8 Å². The molecular weight excluding hydrogens is 212 g/mol. The molecule has 2 rings (SSSR count). The molecule has 2 aromatic carbocycles. The highest BCUT2D eigenvalue weighted by molar-refractivity contribution is 7.98. The molecule has 0 amide bonds.